The summed E-state index contributed by atoms with van der Waals surface area (Å²) >= 11 is 1.63. The standard InChI is InChI=1S/C22H22N6O2S/c1-15-12-27(8-10-30-15)22-25-20(24-17-4-2-16(3-5-17)6-9-29)19-21(26-22)28(14-23-19)18-7-11-31-13-18/h2-5,7,9,11,13-15H,6,8,10,12H2,1H3,(H,24,25,26). The van der Waals surface area contributed by atoms with E-state index in [0.717, 1.165) is 42.0 Å². The van der Waals surface area contributed by atoms with Crippen LogP contribution in [0, 0.1) is 0 Å². The van der Waals surface area contributed by atoms with Gasteiger partial charge in [-0.25, -0.2) is 4.98 Å². The second-order valence-electron chi connectivity index (χ2n) is 7.46. The van der Waals surface area contributed by atoms with Gasteiger partial charge in [-0.15, -0.1) is 0 Å². The monoisotopic (exact) mass is 434 g/mol. The van der Waals surface area contributed by atoms with E-state index in [4.69, 9.17) is 14.7 Å². The van der Waals surface area contributed by atoms with Crippen molar-refractivity contribution in [3.8, 4) is 5.69 Å². The number of nitrogens with zero attached hydrogens (tertiary/aromatic N) is 5. The van der Waals surface area contributed by atoms with E-state index in [9.17, 15) is 4.79 Å². The molecule has 5 rings (SSSR count). The SMILES string of the molecule is CC1CN(c2nc(Nc3ccc(CC=O)cc3)c3ncn(-c4ccsc4)c3n2)CCO1. The van der Waals surface area contributed by atoms with Crippen molar-refractivity contribution in [2.75, 3.05) is 29.9 Å². The number of hydrogen-bond donors (Lipinski definition) is 1. The number of carbonyl (C=O) groups excluding carboxylic acids is 1. The van der Waals surface area contributed by atoms with Crippen LogP contribution in [0.25, 0.3) is 16.9 Å². The Balaban J connectivity index is 1.57. The van der Waals surface area contributed by atoms with E-state index in [2.05, 4.69) is 27.5 Å². The van der Waals surface area contributed by atoms with E-state index >= 15 is 0 Å². The van der Waals surface area contributed by atoms with Gasteiger partial charge in [0.15, 0.2) is 17.0 Å². The van der Waals surface area contributed by atoms with Gasteiger partial charge < -0.3 is 19.7 Å². The molecule has 0 bridgehead atoms. The molecule has 31 heavy (non-hydrogen) atoms. The minimum absolute atomic E-state index is 0.122. The minimum atomic E-state index is 0.122. The van der Waals surface area contributed by atoms with E-state index in [1.807, 2.05) is 40.3 Å². The van der Waals surface area contributed by atoms with E-state index in [0.29, 0.717) is 30.3 Å². The third-order valence-corrected chi connectivity index (χ3v) is 5.90. The fourth-order valence-corrected chi connectivity index (χ4v) is 4.29. The largest absolute Gasteiger partial charge is 0.375 e. The lowest BCUT2D eigenvalue weighted by molar-refractivity contribution is -0.107. The summed E-state index contributed by atoms with van der Waals surface area (Å²) in [5.41, 5.74) is 4.33. The van der Waals surface area contributed by atoms with Crippen molar-refractivity contribution in [3.05, 3.63) is 53.0 Å². The number of fused-ring (bicyclic) bond motifs is 1. The summed E-state index contributed by atoms with van der Waals surface area (Å²) in [4.78, 5) is 27.2. The fourth-order valence-electron chi connectivity index (χ4n) is 3.66. The molecule has 158 valence electrons. The Bertz CT molecular complexity index is 1190. The number of imidazole rings is 1. The number of rotatable bonds is 6. The number of hydrogen-bond acceptors (Lipinski definition) is 8. The van der Waals surface area contributed by atoms with Crippen molar-refractivity contribution in [2.45, 2.75) is 19.4 Å². The molecule has 3 aromatic heterocycles. The predicted octanol–water partition coefficient (Wildman–Crippen LogP) is 3.59. The van der Waals surface area contributed by atoms with Crippen molar-refractivity contribution in [1.82, 2.24) is 19.5 Å². The smallest absolute Gasteiger partial charge is 0.229 e. The maximum atomic E-state index is 10.8. The highest BCUT2D eigenvalue weighted by Gasteiger charge is 2.22. The first kappa shape index (κ1) is 19.7. The van der Waals surface area contributed by atoms with Gasteiger partial charge in [0.25, 0.3) is 0 Å². The molecule has 8 nitrogen and oxygen atoms in total. The van der Waals surface area contributed by atoms with E-state index in [1.54, 1.807) is 17.7 Å². The quantitative estimate of drug-likeness (QED) is 0.464. The Morgan fingerprint density at radius 3 is 2.87 bits per heavy atom. The molecule has 1 aliphatic rings. The average Bonchev–Trinajstić information content (AvgIpc) is 3.45. The first-order chi connectivity index (χ1) is 15.2. The number of aromatic nitrogens is 4. The number of ether oxygens (including phenoxy) is 1. The molecule has 9 heteroatoms. The van der Waals surface area contributed by atoms with Crippen molar-refractivity contribution in [2.24, 2.45) is 0 Å². The van der Waals surface area contributed by atoms with Crippen LogP contribution in [0.2, 0.25) is 0 Å². The number of benzene rings is 1. The Morgan fingerprint density at radius 1 is 1.26 bits per heavy atom. The number of morpholine rings is 1. The molecular formula is C22H22N6O2S. The topological polar surface area (TPSA) is 85.2 Å². The third-order valence-electron chi connectivity index (χ3n) is 5.23. The highest BCUT2D eigenvalue weighted by Crippen LogP contribution is 2.28. The number of anilines is 3. The van der Waals surface area contributed by atoms with Gasteiger partial charge in [0.05, 0.1) is 18.4 Å². The van der Waals surface area contributed by atoms with Crippen LogP contribution >= 0.6 is 11.3 Å². The molecule has 1 N–H and O–H groups in total. The van der Waals surface area contributed by atoms with Crippen LogP contribution in [0.4, 0.5) is 17.5 Å². The maximum absolute atomic E-state index is 10.8. The van der Waals surface area contributed by atoms with Gasteiger partial charge in [-0.1, -0.05) is 12.1 Å². The molecule has 1 saturated heterocycles. The molecule has 0 amide bonds. The van der Waals surface area contributed by atoms with Gasteiger partial charge in [0.1, 0.15) is 12.6 Å². The lowest BCUT2D eigenvalue weighted by atomic mass is 10.1. The first-order valence-corrected chi connectivity index (χ1v) is 11.1. The number of carbonyl (C=O) groups is 1. The Morgan fingerprint density at radius 2 is 2.13 bits per heavy atom. The summed E-state index contributed by atoms with van der Waals surface area (Å²) in [6, 6.07) is 9.80. The first-order valence-electron chi connectivity index (χ1n) is 10.1. The van der Waals surface area contributed by atoms with Crippen LogP contribution in [0.5, 0.6) is 0 Å². The molecule has 0 spiro atoms. The second-order valence-corrected chi connectivity index (χ2v) is 8.24. The zero-order valence-electron chi connectivity index (χ0n) is 17.1. The van der Waals surface area contributed by atoms with E-state index < -0.39 is 0 Å². The molecule has 0 saturated carbocycles. The van der Waals surface area contributed by atoms with Crippen LogP contribution in [0.3, 0.4) is 0 Å². The van der Waals surface area contributed by atoms with Crippen LogP contribution in [-0.2, 0) is 16.0 Å². The van der Waals surface area contributed by atoms with E-state index in [1.165, 1.54) is 0 Å². The Hall–Kier alpha value is -3.30. The summed E-state index contributed by atoms with van der Waals surface area (Å²) in [5.74, 6) is 1.30. The van der Waals surface area contributed by atoms with Gasteiger partial charge >= 0.3 is 0 Å². The number of nitrogens with one attached hydrogen (secondary N) is 1. The normalized spacial score (nSPS) is 16.5. The molecule has 0 aliphatic carbocycles. The second kappa shape index (κ2) is 8.44. The summed E-state index contributed by atoms with van der Waals surface area (Å²) in [5, 5.41) is 7.50. The van der Waals surface area contributed by atoms with Crippen LogP contribution in [0.15, 0.2) is 47.4 Å². The van der Waals surface area contributed by atoms with Crippen molar-refractivity contribution in [1.29, 1.82) is 0 Å². The van der Waals surface area contributed by atoms with Crippen LogP contribution in [0.1, 0.15) is 12.5 Å². The fraction of sp³-hybridized carbons (Fsp3) is 0.273. The van der Waals surface area contributed by atoms with Crippen LogP contribution < -0.4 is 10.2 Å². The molecule has 4 aromatic rings. The average molecular weight is 435 g/mol. The number of thiophene rings is 1. The molecule has 4 heterocycles. The highest BCUT2D eigenvalue weighted by atomic mass is 32.1. The summed E-state index contributed by atoms with van der Waals surface area (Å²) < 4.78 is 7.67. The molecule has 0 radical (unpaired) electrons. The van der Waals surface area contributed by atoms with Gasteiger partial charge in [0, 0.05) is 30.6 Å². The maximum Gasteiger partial charge on any atom is 0.229 e. The highest BCUT2D eigenvalue weighted by molar-refractivity contribution is 7.08. The minimum Gasteiger partial charge on any atom is -0.375 e. The zero-order valence-corrected chi connectivity index (χ0v) is 17.9. The van der Waals surface area contributed by atoms with Gasteiger partial charge in [-0.2, -0.15) is 21.3 Å². The molecule has 1 aromatic carbocycles. The molecule has 1 aliphatic heterocycles. The molecule has 1 atom stereocenters. The third kappa shape index (κ3) is 4.01. The van der Waals surface area contributed by atoms with Crippen LogP contribution in [-0.4, -0.2) is 51.6 Å². The van der Waals surface area contributed by atoms with E-state index in [-0.39, 0.29) is 6.10 Å². The molecule has 1 fully saturated rings. The van der Waals surface area contributed by atoms with Gasteiger partial charge in [-0.05, 0) is 36.1 Å². The zero-order chi connectivity index (χ0) is 21.2. The lowest BCUT2D eigenvalue weighted by Crippen LogP contribution is -2.42. The van der Waals surface area contributed by atoms with Gasteiger partial charge in [0.2, 0.25) is 5.95 Å². The summed E-state index contributed by atoms with van der Waals surface area (Å²) in [6.45, 7) is 4.17. The molecule has 1 unspecified atom stereocenters. The summed E-state index contributed by atoms with van der Waals surface area (Å²) in [7, 11) is 0. The summed E-state index contributed by atoms with van der Waals surface area (Å²) in [6.07, 6.45) is 3.22. The predicted molar refractivity (Wildman–Crippen MR) is 122 cm³/mol. The van der Waals surface area contributed by atoms with Crippen molar-refractivity contribution >= 4 is 46.2 Å². The van der Waals surface area contributed by atoms with Crippen molar-refractivity contribution < 1.29 is 9.53 Å². The molecular weight excluding hydrogens is 412 g/mol. The van der Waals surface area contributed by atoms with Gasteiger partial charge in [-0.3, -0.25) is 4.57 Å². The Kier molecular flexibility index (Phi) is 5.35. The number of aldehydes is 1. The lowest BCUT2D eigenvalue weighted by Gasteiger charge is -2.31. The van der Waals surface area contributed by atoms with Crippen molar-refractivity contribution in [3.63, 3.8) is 0 Å². The Labute approximate surface area is 183 Å².